The number of thioether (sulfide) groups is 3. The van der Waals surface area contributed by atoms with Crippen LogP contribution in [0.1, 0.15) is 40.0 Å². The Morgan fingerprint density at radius 3 is 0.971 bits per heavy atom. The molecule has 0 aromatic heterocycles. The van der Waals surface area contributed by atoms with Crippen LogP contribution in [0.3, 0.4) is 0 Å². The number of carbonyl (C=O) groups is 3. The zero-order valence-corrected chi connectivity index (χ0v) is 28.3. The molecular weight excluding hydrogens is 662 g/mol. The van der Waals surface area contributed by atoms with Crippen LogP contribution in [0.25, 0.3) is 0 Å². The van der Waals surface area contributed by atoms with Gasteiger partial charge in [0.1, 0.15) is 19.8 Å². The van der Waals surface area contributed by atoms with Crippen molar-refractivity contribution in [2.45, 2.75) is 40.0 Å². The molecule has 0 aliphatic carbocycles. The first-order valence-electron chi connectivity index (χ1n) is 11.0. The zero-order valence-electron chi connectivity index (χ0n) is 20.6. The van der Waals surface area contributed by atoms with Gasteiger partial charge in [-0.05, 0) is 17.3 Å². The van der Waals surface area contributed by atoms with Gasteiger partial charge in [-0.2, -0.15) is 73.2 Å². The van der Waals surface area contributed by atoms with Gasteiger partial charge < -0.3 is 14.2 Å². The van der Waals surface area contributed by atoms with E-state index in [0.717, 1.165) is 34.5 Å². The Bertz CT molecular complexity index is 388. The Hall–Kier alpha value is 1.33. The smallest absolute Gasteiger partial charge is 0.306 e. The van der Waals surface area contributed by atoms with Gasteiger partial charge in [-0.25, -0.2) is 0 Å². The standard InChI is InChI=1S/3C7H14O2S2.Sb/c3*1-2-11-6-4-9-7(8)3-5-10;/h3*10H,2-6H2,1H3;. The van der Waals surface area contributed by atoms with E-state index in [1.165, 1.54) is 0 Å². The van der Waals surface area contributed by atoms with Gasteiger partial charge in [-0.3, -0.25) is 14.4 Å². The molecule has 34 heavy (non-hydrogen) atoms. The molecule has 0 amide bonds. The summed E-state index contributed by atoms with van der Waals surface area (Å²) in [5.41, 5.74) is 0. The summed E-state index contributed by atoms with van der Waals surface area (Å²) in [6.07, 6.45) is 1.25. The van der Waals surface area contributed by atoms with Crippen molar-refractivity contribution in [3.63, 3.8) is 0 Å². The minimum atomic E-state index is -0.142. The van der Waals surface area contributed by atoms with E-state index in [1.807, 2.05) is 0 Å². The normalized spacial score (nSPS) is 9.35. The zero-order chi connectivity index (χ0) is 25.6. The van der Waals surface area contributed by atoms with Crippen LogP contribution >= 0.6 is 73.2 Å². The molecule has 203 valence electrons. The van der Waals surface area contributed by atoms with Gasteiger partial charge in [0, 0.05) is 58.9 Å². The van der Waals surface area contributed by atoms with Gasteiger partial charge in [-0.15, -0.1) is 0 Å². The second-order valence-corrected chi connectivity index (χ2v) is 11.2. The van der Waals surface area contributed by atoms with Gasteiger partial charge in [0.2, 0.25) is 0 Å². The average molecular weight is 705 g/mol. The first-order chi connectivity index (χ1) is 15.9. The van der Waals surface area contributed by atoms with Crippen molar-refractivity contribution in [1.29, 1.82) is 0 Å². The second kappa shape index (κ2) is 38.9. The van der Waals surface area contributed by atoms with Crippen molar-refractivity contribution in [1.82, 2.24) is 0 Å². The molecule has 0 aromatic carbocycles. The summed E-state index contributed by atoms with van der Waals surface area (Å²) in [5, 5.41) is 0. The van der Waals surface area contributed by atoms with Crippen molar-refractivity contribution in [3.8, 4) is 0 Å². The molecule has 0 aliphatic rings. The molecule has 0 saturated carbocycles. The van der Waals surface area contributed by atoms with Crippen molar-refractivity contribution in [3.05, 3.63) is 0 Å². The molecule has 13 heteroatoms. The van der Waals surface area contributed by atoms with E-state index in [2.05, 4.69) is 58.7 Å². The van der Waals surface area contributed by atoms with E-state index in [4.69, 9.17) is 14.2 Å². The molecule has 0 saturated heterocycles. The summed E-state index contributed by atoms with van der Waals surface area (Å²) in [7, 11) is 0. The van der Waals surface area contributed by atoms with E-state index in [0.29, 0.717) is 56.3 Å². The Morgan fingerprint density at radius 2 is 0.794 bits per heavy atom. The maximum atomic E-state index is 10.7. The molecule has 0 heterocycles. The summed E-state index contributed by atoms with van der Waals surface area (Å²) < 4.78 is 14.6. The van der Waals surface area contributed by atoms with E-state index in [-0.39, 0.29) is 42.3 Å². The summed E-state index contributed by atoms with van der Waals surface area (Å²) in [6, 6.07) is 0. The number of thiol groups is 3. The summed E-state index contributed by atoms with van der Waals surface area (Å²) in [4.78, 5) is 32.2. The molecule has 0 unspecified atom stereocenters. The predicted octanol–water partition coefficient (Wildman–Crippen LogP) is 4.43. The fraction of sp³-hybridized carbons (Fsp3) is 0.857. The van der Waals surface area contributed by atoms with E-state index in [1.54, 1.807) is 35.3 Å². The molecule has 6 nitrogen and oxygen atoms in total. The van der Waals surface area contributed by atoms with Gasteiger partial charge in [0.15, 0.2) is 0 Å². The third-order valence-electron chi connectivity index (χ3n) is 3.03. The van der Waals surface area contributed by atoms with Crippen molar-refractivity contribution < 1.29 is 28.6 Å². The monoisotopic (exact) mass is 703 g/mol. The minimum absolute atomic E-state index is 0. The second-order valence-electron chi connectivity index (χ2n) is 5.67. The van der Waals surface area contributed by atoms with E-state index in [9.17, 15) is 14.4 Å². The molecule has 0 aromatic rings. The molecule has 0 atom stereocenters. The quantitative estimate of drug-likeness (QED) is 0.0632. The van der Waals surface area contributed by atoms with Crippen molar-refractivity contribution in [2.24, 2.45) is 0 Å². The van der Waals surface area contributed by atoms with Crippen LogP contribution in [-0.2, 0) is 28.6 Å². The molecule has 0 spiro atoms. The van der Waals surface area contributed by atoms with Crippen LogP contribution < -0.4 is 0 Å². The number of hydrogen-bond donors (Lipinski definition) is 3. The molecular formula is C21H42O6S6Sb. The van der Waals surface area contributed by atoms with Gasteiger partial charge >= 0.3 is 17.9 Å². The van der Waals surface area contributed by atoms with E-state index >= 15 is 0 Å². The topological polar surface area (TPSA) is 78.9 Å². The van der Waals surface area contributed by atoms with Crippen molar-refractivity contribution in [2.75, 3.05) is 71.6 Å². The van der Waals surface area contributed by atoms with Crippen LogP contribution in [0, 0.1) is 0 Å². The number of ether oxygens (including phenoxy) is 3. The fourth-order valence-corrected chi connectivity index (χ4v) is 3.58. The maximum Gasteiger partial charge on any atom is 0.306 e. The van der Waals surface area contributed by atoms with Crippen molar-refractivity contribution >= 4 is 116 Å². The summed E-state index contributed by atoms with van der Waals surface area (Å²) in [6.45, 7) is 7.85. The Morgan fingerprint density at radius 1 is 0.559 bits per heavy atom. The van der Waals surface area contributed by atoms with Gasteiger partial charge in [-0.1, -0.05) is 20.8 Å². The fourth-order valence-electron chi connectivity index (χ4n) is 1.57. The molecule has 0 N–H and O–H groups in total. The molecule has 0 bridgehead atoms. The van der Waals surface area contributed by atoms with Gasteiger partial charge in [0.25, 0.3) is 0 Å². The van der Waals surface area contributed by atoms with Gasteiger partial charge in [0.05, 0.1) is 19.3 Å². The number of esters is 3. The summed E-state index contributed by atoms with van der Waals surface area (Å²) in [5.74, 6) is 7.20. The molecule has 0 aliphatic heterocycles. The Kier molecular flexibility index (Phi) is 48.5. The average Bonchev–Trinajstić information content (AvgIpc) is 2.79. The molecule has 0 rings (SSSR count). The van der Waals surface area contributed by atoms with E-state index < -0.39 is 0 Å². The van der Waals surface area contributed by atoms with Crippen LogP contribution in [0.4, 0.5) is 0 Å². The predicted molar refractivity (Wildman–Crippen MR) is 163 cm³/mol. The Labute approximate surface area is 253 Å². The third kappa shape index (κ3) is 43.4. The van der Waals surface area contributed by atoms with Crippen LogP contribution in [0.15, 0.2) is 0 Å². The summed E-state index contributed by atoms with van der Waals surface area (Å²) >= 11 is 17.1. The minimum Gasteiger partial charge on any atom is -0.465 e. The SMILES string of the molecule is CCSCCOC(=O)CCS.CCSCCOC(=O)CCS.CCSCCOC(=O)CCS.[Sb]. The number of hydrogen-bond acceptors (Lipinski definition) is 12. The largest absolute Gasteiger partial charge is 0.465 e. The molecule has 0 fully saturated rings. The van der Waals surface area contributed by atoms with Crippen LogP contribution in [-0.4, -0.2) is 114 Å². The van der Waals surface area contributed by atoms with Crippen LogP contribution in [0.2, 0.25) is 0 Å². The van der Waals surface area contributed by atoms with Crippen LogP contribution in [0.5, 0.6) is 0 Å². The first kappa shape index (κ1) is 42.4. The Balaban J connectivity index is -0.000000196. The maximum absolute atomic E-state index is 10.7. The third-order valence-corrected chi connectivity index (χ3v) is 6.29. The molecule has 3 radical (unpaired) electrons. The number of rotatable bonds is 18. The number of carbonyl (C=O) groups excluding carboxylic acids is 3. The first-order valence-corrected chi connectivity index (χ1v) is 16.3.